The fourth-order valence-electron chi connectivity index (χ4n) is 1.93. The largest absolute Gasteiger partial charge is 0.469 e. The van der Waals surface area contributed by atoms with E-state index in [1.165, 1.54) is 41.3 Å². The van der Waals surface area contributed by atoms with Crippen LogP contribution in [0.3, 0.4) is 0 Å². The van der Waals surface area contributed by atoms with Crippen LogP contribution in [0.1, 0.15) is 5.69 Å². The van der Waals surface area contributed by atoms with Gasteiger partial charge >= 0.3 is 6.61 Å². The third-order valence-electron chi connectivity index (χ3n) is 3.02. The van der Waals surface area contributed by atoms with Gasteiger partial charge in [-0.25, -0.2) is 14.1 Å². The van der Waals surface area contributed by atoms with Gasteiger partial charge in [-0.1, -0.05) is 16.8 Å². The van der Waals surface area contributed by atoms with Crippen LogP contribution in [0.2, 0.25) is 5.02 Å². The summed E-state index contributed by atoms with van der Waals surface area (Å²) in [5.41, 5.74) is 0.791. The first-order valence-electron chi connectivity index (χ1n) is 6.92. The average molecular weight is 371 g/mol. The highest BCUT2D eigenvalue weighted by molar-refractivity contribution is 6.32. The lowest BCUT2D eigenvalue weighted by molar-refractivity contribution is -0.0497. The van der Waals surface area contributed by atoms with Crippen molar-refractivity contribution in [1.82, 2.24) is 20.0 Å². The van der Waals surface area contributed by atoms with E-state index >= 15 is 0 Å². The van der Waals surface area contributed by atoms with Crippen molar-refractivity contribution in [2.24, 2.45) is 0 Å². The summed E-state index contributed by atoms with van der Waals surface area (Å²) < 4.78 is 49.0. The monoisotopic (exact) mass is 370 g/mol. The van der Waals surface area contributed by atoms with Gasteiger partial charge in [0.05, 0.1) is 16.9 Å². The van der Waals surface area contributed by atoms with Gasteiger partial charge in [0.15, 0.2) is 5.82 Å². The molecule has 0 atom stereocenters. The van der Waals surface area contributed by atoms with Gasteiger partial charge in [-0.15, -0.1) is 5.10 Å². The number of pyridine rings is 1. The van der Waals surface area contributed by atoms with E-state index in [9.17, 15) is 13.2 Å². The molecule has 0 aliphatic heterocycles. The summed E-state index contributed by atoms with van der Waals surface area (Å²) in [6, 6.07) is 6.91. The number of aromatic nitrogens is 4. The van der Waals surface area contributed by atoms with Gasteiger partial charge in [-0.2, -0.15) is 8.78 Å². The number of ether oxygens (including phenoxy) is 2. The second-order valence-electron chi connectivity index (χ2n) is 4.73. The first-order chi connectivity index (χ1) is 12.0. The molecule has 0 spiro atoms. The van der Waals surface area contributed by atoms with Gasteiger partial charge in [0.25, 0.3) is 5.88 Å². The number of alkyl halides is 2. The van der Waals surface area contributed by atoms with E-state index in [-0.39, 0.29) is 23.3 Å². The highest BCUT2D eigenvalue weighted by Gasteiger charge is 2.12. The van der Waals surface area contributed by atoms with Crippen LogP contribution < -0.4 is 9.47 Å². The van der Waals surface area contributed by atoms with Gasteiger partial charge in [0.1, 0.15) is 18.1 Å². The predicted molar refractivity (Wildman–Crippen MR) is 81.5 cm³/mol. The normalized spacial score (nSPS) is 10.9. The molecule has 0 aliphatic rings. The summed E-state index contributed by atoms with van der Waals surface area (Å²) in [4.78, 5) is 3.75. The smallest absolute Gasteiger partial charge is 0.387 e. The molecular weight excluding hydrogens is 361 g/mol. The molecule has 0 saturated carbocycles. The number of nitrogens with zero attached hydrogens (tertiary/aromatic N) is 4. The molecular formula is C15H10ClF3N4O2. The fraction of sp³-hybridized carbons (Fsp3) is 0.133. The summed E-state index contributed by atoms with van der Waals surface area (Å²) in [5.74, 6) is -0.935. The number of hydrogen-bond donors (Lipinski definition) is 0. The second kappa shape index (κ2) is 7.39. The summed E-state index contributed by atoms with van der Waals surface area (Å²) in [5, 5.41) is 7.76. The molecule has 0 N–H and O–H groups in total. The Morgan fingerprint density at radius 2 is 2.08 bits per heavy atom. The highest BCUT2D eigenvalue weighted by Crippen LogP contribution is 2.28. The third kappa shape index (κ3) is 4.18. The Balaban J connectivity index is 1.74. The minimum Gasteiger partial charge on any atom is -0.469 e. The molecule has 0 saturated heterocycles. The van der Waals surface area contributed by atoms with Gasteiger partial charge in [-0.3, -0.25) is 0 Å². The van der Waals surface area contributed by atoms with Crippen LogP contribution in [-0.2, 0) is 6.61 Å². The first-order valence-corrected chi connectivity index (χ1v) is 7.30. The lowest BCUT2D eigenvalue weighted by Crippen LogP contribution is -2.03. The molecule has 25 heavy (non-hydrogen) atoms. The van der Waals surface area contributed by atoms with Crippen LogP contribution in [0, 0.1) is 5.82 Å². The minimum absolute atomic E-state index is 0.0401. The van der Waals surface area contributed by atoms with E-state index in [4.69, 9.17) is 16.3 Å². The van der Waals surface area contributed by atoms with Crippen LogP contribution in [0.4, 0.5) is 13.2 Å². The van der Waals surface area contributed by atoms with Crippen LogP contribution in [0.15, 0.2) is 42.7 Å². The molecule has 3 aromatic rings. The SMILES string of the molecule is Fc1cccnc1OCc1cn(-c2ccc(Cl)c(OC(F)F)c2)nn1. The Morgan fingerprint density at radius 3 is 2.84 bits per heavy atom. The zero-order valence-electron chi connectivity index (χ0n) is 12.4. The maximum atomic E-state index is 13.4. The van der Waals surface area contributed by atoms with Crippen molar-refractivity contribution in [2.75, 3.05) is 0 Å². The topological polar surface area (TPSA) is 62.1 Å². The van der Waals surface area contributed by atoms with Crippen molar-refractivity contribution >= 4 is 11.6 Å². The van der Waals surface area contributed by atoms with Crippen LogP contribution in [0.5, 0.6) is 11.6 Å². The van der Waals surface area contributed by atoms with E-state index in [2.05, 4.69) is 20.0 Å². The number of rotatable bonds is 6. The van der Waals surface area contributed by atoms with Crippen LogP contribution in [-0.4, -0.2) is 26.6 Å². The summed E-state index contributed by atoms with van der Waals surface area (Å²) >= 11 is 5.80. The standard InChI is InChI=1S/C15H10ClF3N4O2/c16-11-4-3-10(6-13(11)25-15(18)19)23-7-9(21-22-23)8-24-14-12(17)2-1-5-20-14/h1-7,15H,8H2. The van der Waals surface area contributed by atoms with Gasteiger partial charge < -0.3 is 9.47 Å². The lowest BCUT2D eigenvalue weighted by atomic mass is 10.3. The van der Waals surface area contributed by atoms with Crippen LogP contribution in [0.25, 0.3) is 5.69 Å². The molecule has 0 radical (unpaired) electrons. The zero-order chi connectivity index (χ0) is 17.8. The molecule has 0 bridgehead atoms. The Labute approximate surface area is 144 Å². The van der Waals surface area contributed by atoms with E-state index in [1.54, 1.807) is 6.07 Å². The zero-order valence-corrected chi connectivity index (χ0v) is 13.2. The Kier molecular flexibility index (Phi) is 5.03. The molecule has 0 fully saturated rings. The fourth-order valence-corrected chi connectivity index (χ4v) is 2.09. The van der Waals surface area contributed by atoms with E-state index in [0.29, 0.717) is 11.4 Å². The van der Waals surface area contributed by atoms with Crippen LogP contribution >= 0.6 is 11.6 Å². The Hall–Kier alpha value is -2.81. The molecule has 6 nitrogen and oxygen atoms in total. The molecule has 0 aliphatic carbocycles. The third-order valence-corrected chi connectivity index (χ3v) is 3.33. The predicted octanol–water partition coefficient (Wildman–Crippen LogP) is 3.64. The molecule has 130 valence electrons. The second-order valence-corrected chi connectivity index (χ2v) is 5.13. The number of halogens is 4. The van der Waals surface area contributed by atoms with Crippen molar-refractivity contribution < 1.29 is 22.6 Å². The van der Waals surface area contributed by atoms with Crippen molar-refractivity contribution in [3.8, 4) is 17.3 Å². The molecule has 2 aromatic heterocycles. The van der Waals surface area contributed by atoms with E-state index in [0.717, 1.165) is 0 Å². The van der Waals surface area contributed by atoms with Gasteiger partial charge in [0.2, 0.25) is 0 Å². The van der Waals surface area contributed by atoms with Gasteiger partial charge in [-0.05, 0) is 24.3 Å². The summed E-state index contributed by atoms with van der Waals surface area (Å²) in [7, 11) is 0. The summed E-state index contributed by atoms with van der Waals surface area (Å²) in [6.45, 7) is -3.07. The van der Waals surface area contributed by atoms with Crippen molar-refractivity contribution in [3.05, 3.63) is 59.3 Å². The average Bonchev–Trinajstić information content (AvgIpc) is 3.05. The molecule has 2 heterocycles. The molecule has 0 amide bonds. The number of benzene rings is 1. The maximum absolute atomic E-state index is 13.4. The van der Waals surface area contributed by atoms with Crippen molar-refractivity contribution in [3.63, 3.8) is 0 Å². The molecule has 10 heteroatoms. The Bertz CT molecular complexity index is 875. The lowest BCUT2D eigenvalue weighted by Gasteiger charge is -2.08. The molecule has 3 rings (SSSR count). The van der Waals surface area contributed by atoms with E-state index in [1.807, 2.05) is 0 Å². The summed E-state index contributed by atoms with van der Waals surface area (Å²) in [6.07, 6.45) is 2.89. The molecule has 1 aromatic carbocycles. The van der Waals surface area contributed by atoms with Crippen molar-refractivity contribution in [1.29, 1.82) is 0 Å². The first kappa shape index (κ1) is 17.0. The van der Waals surface area contributed by atoms with Crippen molar-refractivity contribution in [2.45, 2.75) is 13.2 Å². The quantitative estimate of drug-likeness (QED) is 0.663. The maximum Gasteiger partial charge on any atom is 0.387 e. The molecule has 0 unspecified atom stereocenters. The van der Waals surface area contributed by atoms with E-state index < -0.39 is 12.4 Å². The highest BCUT2D eigenvalue weighted by atomic mass is 35.5. The minimum atomic E-state index is -3.00. The number of hydrogen-bond acceptors (Lipinski definition) is 5. The Morgan fingerprint density at radius 1 is 1.24 bits per heavy atom. The van der Waals surface area contributed by atoms with Gasteiger partial charge in [0, 0.05) is 12.3 Å².